The van der Waals surface area contributed by atoms with Crippen LogP contribution >= 0.6 is 23.2 Å². The smallest absolute Gasteiger partial charge is 0.333 e. The van der Waals surface area contributed by atoms with Gasteiger partial charge in [0.1, 0.15) is 5.69 Å². The quantitative estimate of drug-likeness (QED) is 0.155. The van der Waals surface area contributed by atoms with Crippen molar-refractivity contribution in [2.75, 3.05) is 41.9 Å². The van der Waals surface area contributed by atoms with Gasteiger partial charge in [0.05, 0.1) is 52.2 Å². The Morgan fingerprint density at radius 1 is 0.951 bits per heavy atom. The van der Waals surface area contributed by atoms with Gasteiger partial charge >= 0.3 is 5.69 Å². The van der Waals surface area contributed by atoms with Gasteiger partial charge in [0.15, 0.2) is 0 Å². The van der Waals surface area contributed by atoms with Crippen LogP contribution in [0.2, 0.25) is 10.0 Å². The van der Waals surface area contributed by atoms with Crippen molar-refractivity contribution in [1.82, 2.24) is 14.5 Å². The van der Waals surface area contributed by atoms with Crippen LogP contribution in [0.5, 0.6) is 0 Å². The van der Waals surface area contributed by atoms with Crippen LogP contribution in [0.1, 0.15) is 0 Å². The van der Waals surface area contributed by atoms with Crippen LogP contribution in [-0.2, 0) is 4.74 Å². The number of anilines is 4. The minimum atomic E-state index is -0.679. The van der Waals surface area contributed by atoms with Gasteiger partial charge in [-0.15, -0.1) is 0 Å². The van der Waals surface area contributed by atoms with Crippen molar-refractivity contribution in [3.63, 3.8) is 0 Å². The zero-order valence-electron chi connectivity index (χ0n) is 21.7. The molecule has 41 heavy (non-hydrogen) atoms. The van der Waals surface area contributed by atoms with Crippen LogP contribution in [0, 0.1) is 0 Å². The lowest BCUT2D eigenvalue weighted by molar-refractivity contribution is 0.122. The first-order valence-corrected chi connectivity index (χ1v) is 13.5. The molecule has 0 atom stereocenters. The number of hydrazine groups is 1. The summed E-state index contributed by atoms with van der Waals surface area (Å²) in [5.41, 5.74) is 7.50. The van der Waals surface area contributed by atoms with Crippen molar-refractivity contribution in [2.24, 2.45) is 5.84 Å². The van der Waals surface area contributed by atoms with Gasteiger partial charge in [0, 0.05) is 41.3 Å². The predicted octanol–water partition coefficient (Wildman–Crippen LogP) is 4.48. The number of pyridine rings is 1. The van der Waals surface area contributed by atoms with Gasteiger partial charge in [-0.3, -0.25) is 14.8 Å². The third-order valence-electron chi connectivity index (χ3n) is 7.06. The van der Waals surface area contributed by atoms with E-state index in [1.165, 1.54) is 11.2 Å². The van der Waals surface area contributed by atoms with E-state index in [-0.39, 0.29) is 16.4 Å². The second-order valence-electron chi connectivity index (χ2n) is 9.52. The van der Waals surface area contributed by atoms with Gasteiger partial charge in [0.2, 0.25) is 0 Å². The molecule has 0 unspecified atom stereocenters. The Morgan fingerprint density at radius 2 is 1.73 bits per heavy atom. The number of morpholine rings is 1. The number of H-pyrrole nitrogens is 1. The maximum absolute atomic E-state index is 14.4. The van der Waals surface area contributed by atoms with Gasteiger partial charge in [-0.1, -0.05) is 53.5 Å². The average molecular weight is 590 g/mol. The molecule has 208 valence electrons. The first kappa shape index (κ1) is 26.9. The Bertz CT molecular complexity index is 1900. The van der Waals surface area contributed by atoms with Crippen molar-refractivity contribution in [1.29, 1.82) is 0 Å². The number of benzene rings is 3. The van der Waals surface area contributed by atoms with E-state index in [9.17, 15) is 9.59 Å². The highest BCUT2D eigenvalue weighted by molar-refractivity contribution is 6.42. The number of ether oxygens (including phenoxy) is 1. The lowest BCUT2D eigenvalue weighted by Gasteiger charge is -2.30. The molecule has 6 rings (SSSR count). The topological polar surface area (TPSA) is 136 Å². The summed E-state index contributed by atoms with van der Waals surface area (Å²) in [6.45, 7) is 2.58. The fourth-order valence-corrected chi connectivity index (χ4v) is 5.29. The number of halogens is 2. The minimum Gasteiger partial charge on any atom is -0.397 e. The zero-order chi connectivity index (χ0) is 28.7. The monoisotopic (exact) mass is 589 g/mol. The van der Waals surface area contributed by atoms with E-state index in [4.69, 9.17) is 39.5 Å². The van der Waals surface area contributed by atoms with Crippen LogP contribution < -0.4 is 32.7 Å². The molecule has 2 aromatic heterocycles. The maximum atomic E-state index is 14.4. The molecule has 5 N–H and O–H groups in total. The van der Waals surface area contributed by atoms with Crippen LogP contribution in [0.3, 0.4) is 0 Å². The Balaban J connectivity index is 1.61. The third kappa shape index (κ3) is 4.91. The maximum Gasteiger partial charge on any atom is 0.333 e. The second kappa shape index (κ2) is 10.9. The summed E-state index contributed by atoms with van der Waals surface area (Å²) in [6.07, 6.45) is 3.13. The minimum absolute atomic E-state index is 0.0262. The van der Waals surface area contributed by atoms with E-state index < -0.39 is 11.2 Å². The summed E-state index contributed by atoms with van der Waals surface area (Å²) in [5.74, 6) is 6.73. The van der Waals surface area contributed by atoms with Gasteiger partial charge in [-0.25, -0.2) is 15.2 Å². The molecule has 1 saturated heterocycles. The van der Waals surface area contributed by atoms with Crippen LogP contribution in [0.25, 0.3) is 27.7 Å². The van der Waals surface area contributed by atoms with Gasteiger partial charge in [-0.05, 0) is 30.3 Å². The molecule has 0 aliphatic carbocycles. The molecule has 12 heteroatoms. The molecule has 1 aliphatic rings. The van der Waals surface area contributed by atoms with E-state index in [0.717, 1.165) is 15.6 Å². The highest BCUT2D eigenvalue weighted by Crippen LogP contribution is 2.36. The number of nitrogens with zero attached hydrogens (tertiary/aromatic N) is 4. The molecule has 3 heterocycles. The van der Waals surface area contributed by atoms with Gasteiger partial charge in [-0.2, -0.15) is 0 Å². The Hall–Kier alpha value is -4.35. The SMILES string of the molecule is Nc1ccc(N2CCOCC2)cc1N(N)c1c(-c2ccc(Cl)c(Cl)c2)[nH]c(=O)n(-c2cncc3ccccc23)c1=O. The first-order chi connectivity index (χ1) is 19.8. The largest absolute Gasteiger partial charge is 0.397 e. The highest BCUT2D eigenvalue weighted by atomic mass is 35.5. The fourth-order valence-electron chi connectivity index (χ4n) is 4.99. The Morgan fingerprint density at radius 3 is 2.51 bits per heavy atom. The molecule has 10 nitrogen and oxygen atoms in total. The summed E-state index contributed by atoms with van der Waals surface area (Å²) in [4.78, 5) is 37.2. The molecule has 5 aromatic rings. The first-order valence-electron chi connectivity index (χ1n) is 12.8. The summed E-state index contributed by atoms with van der Waals surface area (Å²) in [6, 6.07) is 17.6. The van der Waals surface area contributed by atoms with Crippen molar-refractivity contribution < 1.29 is 4.74 Å². The second-order valence-corrected chi connectivity index (χ2v) is 10.3. The normalized spacial score (nSPS) is 13.5. The summed E-state index contributed by atoms with van der Waals surface area (Å²) < 4.78 is 6.50. The molecular formula is C29H25Cl2N7O3. The molecule has 1 fully saturated rings. The molecule has 1 aliphatic heterocycles. The number of aromatic nitrogens is 3. The average Bonchev–Trinajstić information content (AvgIpc) is 2.99. The van der Waals surface area contributed by atoms with E-state index in [2.05, 4.69) is 14.9 Å². The molecular weight excluding hydrogens is 565 g/mol. The number of nitrogens with one attached hydrogen (secondary N) is 1. The molecule has 0 bridgehead atoms. The van der Waals surface area contributed by atoms with E-state index >= 15 is 0 Å². The van der Waals surface area contributed by atoms with Crippen molar-refractivity contribution in [3.8, 4) is 16.9 Å². The molecule has 0 radical (unpaired) electrons. The van der Waals surface area contributed by atoms with Crippen molar-refractivity contribution >= 4 is 56.7 Å². The predicted molar refractivity (Wildman–Crippen MR) is 164 cm³/mol. The lowest BCUT2D eigenvalue weighted by Crippen LogP contribution is -2.41. The fraction of sp³-hybridized carbons (Fsp3) is 0.138. The molecule has 0 amide bonds. The van der Waals surface area contributed by atoms with E-state index in [0.29, 0.717) is 59.3 Å². The van der Waals surface area contributed by atoms with Crippen LogP contribution in [-0.4, -0.2) is 40.8 Å². The number of hydrogen-bond acceptors (Lipinski definition) is 8. The third-order valence-corrected chi connectivity index (χ3v) is 7.80. The molecule has 0 saturated carbocycles. The number of nitrogens with two attached hydrogens (primary N) is 2. The number of rotatable bonds is 5. The van der Waals surface area contributed by atoms with Crippen molar-refractivity contribution in [3.05, 3.63) is 104 Å². The standard InChI is InChI=1S/C29H25Cl2N7O3/c30-21-7-5-17(13-22(21)31)26-27(38(33)24-14-19(6-8-23(24)32)36-9-11-41-12-10-36)28(39)37(29(40)35-26)25-16-34-15-18-3-1-2-4-20(18)25/h1-8,13-16H,9-12,32-33H2,(H,35,40). The molecule has 3 aromatic carbocycles. The summed E-state index contributed by atoms with van der Waals surface area (Å²) in [7, 11) is 0. The summed E-state index contributed by atoms with van der Waals surface area (Å²) in [5, 5.41) is 3.20. The van der Waals surface area contributed by atoms with E-state index in [1.807, 2.05) is 36.4 Å². The number of aromatic amines is 1. The lowest BCUT2D eigenvalue weighted by atomic mass is 10.1. The number of fused-ring (bicyclic) bond motifs is 1. The van der Waals surface area contributed by atoms with Crippen LogP contribution in [0.4, 0.5) is 22.7 Å². The highest BCUT2D eigenvalue weighted by Gasteiger charge is 2.25. The molecule has 0 spiro atoms. The zero-order valence-corrected chi connectivity index (χ0v) is 23.2. The Kier molecular flexibility index (Phi) is 7.14. The Labute approximate surface area is 244 Å². The van der Waals surface area contributed by atoms with Gasteiger partial charge < -0.3 is 20.4 Å². The summed E-state index contributed by atoms with van der Waals surface area (Å²) >= 11 is 12.5. The number of nitrogen functional groups attached to an aromatic ring is 1. The van der Waals surface area contributed by atoms with Gasteiger partial charge in [0.25, 0.3) is 5.56 Å². The van der Waals surface area contributed by atoms with E-state index in [1.54, 1.807) is 30.5 Å². The van der Waals surface area contributed by atoms with Crippen LogP contribution in [0.15, 0.2) is 82.6 Å². The number of hydrogen-bond donors (Lipinski definition) is 3. The van der Waals surface area contributed by atoms with Crippen molar-refractivity contribution in [2.45, 2.75) is 0 Å².